The van der Waals surface area contributed by atoms with Gasteiger partial charge in [-0.15, -0.1) is 0 Å². The van der Waals surface area contributed by atoms with Gasteiger partial charge in [0.05, 0.1) is 5.75 Å². The minimum atomic E-state index is -3.62. The fourth-order valence-corrected chi connectivity index (χ4v) is 2.72. The minimum absolute atomic E-state index is 0.000213. The number of hydrogen-bond acceptors (Lipinski definition) is 3. The van der Waals surface area contributed by atoms with Gasteiger partial charge in [0, 0.05) is 20.0 Å². The van der Waals surface area contributed by atoms with Crippen molar-refractivity contribution in [3.05, 3.63) is 35.4 Å². The molecule has 0 bridgehead atoms. The number of hydrogen-bond donors (Lipinski definition) is 1. The van der Waals surface area contributed by atoms with E-state index in [1.165, 1.54) is 13.1 Å². The van der Waals surface area contributed by atoms with E-state index in [1.54, 1.807) is 0 Å². The number of rotatable bonds is 7. The Bertz CT molecular complexity index is 589. The maximum Gasteiger partial charge on any atom is 0.303 e. The summed E-state index contributed by atoms with van der Waals surface area (Å²) in [6.45, 7) is -0.105. The number of carboxylic acid groups (broad SMARTS) is 1. The molecule has 1 rings (SSSR count). The fraction of sp³-hybridized carbons (Fsp3) is 0.417. The zero-order valence-electron chi connectivity index (χ0n) is 10.8. The fourth-order valence-electron chi connectivity index (χ4n) is 1.56. The monoisotopic (exact) mass is 307 g/mol. The molecule has 1 N–H and O–H groups in total. The van der Waals surface area contributed by atoms with E-state index in [2.05, 4.69) is 0 Å². The summed E-state index contributed by atoms with van der Waals surface area (Å²) in [6.07, 6.45) is -0.238. The number of sulfonamides is 1. The first-order valence-electron chi connectivity index (χ1n) is 5.82. The van der Waals surface area contributed by atoms with Crippen LogP contribution in [0.3, 0.4) is 0 Å². The lowest BCUT2D eigenvalue weighted by Gasteiger charge is -2.17. The summed E-state index contributed by atoms with van der Waals surface area (Å²) in [4.78, 5) is 10.3. The Morgan fingerprint density at radius 3 is 2.50 bits per heavy atom. The average Bonchev–Trinajstić information content (AvgIpc) is 2.33. The minimum Gasteiger partial charge on any atom is -0.481 e. The molecular weight excluding hydrogens is 292 g/mol. The van der Waals surface area contributed by atoms with Crippen LogP contribution in [0.2, 0.25) is 0 Å². The van der Waals surface area contributed by atoms with Gasteiger partial charge in [-0.25, -0.2) is 21.5 Å². The Kier molecular flexibility index (Phi) is 5.58. The first-order valence-corrected chi connectivity index (χ1v) is 7.43. The zero-order valence-corrected chi connectivity index (χ0v) is 11.7. The van der Waals surface area contributed by atoms with E-state index in [9.17, 15) is 22.0 Å². The molecule has 0 radical (unpaired) electrons. The van der Waals surface area contributed by atoms with E-state index in [1.807, 2.05) is 0 Å². The van der Waals surface area contributed by atoms with Gasteiger partial charge in [0.15, 0.2) is 11.6 Å². The molecule has 112 valence electrons. The smallest absolute Gasteiger partial charge is 0.303 e. The topological polar surface area (TPSA) is 74.7 Å². The molecule has 8 heteroatoms. The maximum atomic E-state index is 13.0. The Balaban J connectivity index is 2.66. The van der Waals surface area contributed by atoms with E-state index in [4.69, 9.17) is 5.11 Å². The molecule has 0 saturated heterocycles. The molecule has 0 aromatic heterocycles. The van der Waals surface area contributed by atoms with Gasteiger partial charge in [0.1, 0.15) is 0 Å². The first kappa shape index (κ1) is 16.5. The van der Waals surface area contributed by atoms with Crippen LogP contribution in [0.5, 0.6) is 0 Å². The summed E-state index contributed by atoms with van der Waals surface area (Å²) >= 11 is 0. The van der Waals surface area contributed by atoms with Crippen molar-refractivity contribution in [2.24, 2.45) is 0 Å². The number of carboxylic acids is 1. The van der Waals surface area contributed by atoms with Crippen LogP contribution >= 0.6 is 0 Å². The predicted octanol–water partition coefficient (Wildman–Crippen LogP) is 1.59. The van der Waals surface area contributed by atoms with E-state index in [0.29, 0.717) is 5.56 Å². The Hall–Kier alpha value is -1.54. The molecule has 0 aliphatic rings. The molecule has 0 unspecified atom stereocenters. The van der Waals surface area contributed by atoms with Gasteiger partial charge in [-0.3, -0.25) is 4.79 Å². The highest BCUT2D eigenvalue weighted by molar-refractivity contribution is 7.89. The number of aliphatic carboxylic acids is 1. The average molecular weight is 307 g/mol. The van der Waals surface area contributed by atoms with Crippen molar-refractivity contribution in [3.63, 3.8) is 0 Å². The van der Waals surface area contributed by atoms with Crippen molar-refractivity contribution in [3.8, 4) is 0 Å². The molecule has 0 spiro atoms. The second kappa shape index (κ2) is 6.76. The molecule has 1 aromatic rings. The van der Waals surface area contributed by atoms with Crippen LogP contribution in [0.15, 0.2) is 18.2 Å². The van der Waals surface area contributed by atoms with Crippen LogP contribution in [0, 0.1) is 11.6 Å². The van der Waals surface area contributed by atoms with Crippen LogP contribution in [0.1, 0.15) is 18.4 Å². The molecule has 0 aliphatic heterocycles. The Labute approximate surface area is 115 Å². The molecule has 0 heterocycles. The highest BCUT2D eigenvalue weighted by atomic mass is 32.2. The Morgan fingerprint density at radius 2 is 1.95 bits per heavy atom. The lowest BCUT2D eigenvalue weighted by Crippen LogP contribution is -2.29. The van der Waals surface area contributed by atoms with E-state index in [0.717, 1.165) is 16.4 Å². The van der Waals surface area contributed by atoms with Crippen LogP contribution in [-0.2, 0) is 21.4 Å². The molecule has 5 nitrogen and oxygen atoms in total. The van der Waals surface area contributed by atoms with Crippen molar-refractivity contribution in [1.29, 1.82) is 0 Å². The zero-order chi connectivity index (χ0) is 15.3. The predicted molar refractivity (Wildman–Crippen MR) is 68.5 cm³/mol. The third-order valence-corrected chi connectivity index (χ3v) is 4.54. The van der Waals surface area contributed by atoms with Crippen molar-refractivity contribution in [2.45, 2.75) is 19.4 Å². The van der Waals surface area contributed by atoms with Crippen LogP contribution in [-0.4, -0.2) is 36.6 Å². The number of nitrogens with zero attached hydrogens (tertiary/aromatic N) is 1. The Morgan fingerprint density at radius 1 is 1.30 bits per heavy atom. The van der Waals surface area contributed by atoms with Crippen molar-refractivity contribution < 1.29 is 27.1 Å². The largest absolute Gasteiger partial charge is 0.481 e. The quantitative estimate of drug-likeness (QED) is 0.830. The summed E-state index contributed by atoms with van der Waals surface area (Å²) in [7, 11) is -2.32. The van der Waals surface area contributed by atoms with Gasteiger partial charge in [0.2, 0.25) is 10.0 Å². The molecular formula is C12H15F2NO4S. The van der Waals surface area contributed by atoms with E-state index < -0.39 is 27.6 Å². The molecule has 0 atom stereocenters. The van der Waals surface area contributed by atoms with Gasteiger partial charge < -0.3 is 5.11 Å². The van der Waals surface area contributed by atoms with Gasteiger partial charge in [0.25, 0.3) is 0 Å². The first-order chi connectivity index (χ1) is 9.22. The summed E-state index contributed by atoms with van der Waals surface area (Å²) in [5.74, 6) is -3.41. The normalized spacial score (nSPS) is 11.8. The van der Waals surface area contributed by atoms with Crippen molar-refractivity contribution >= 4 is 16.0 Å². The van der Waals surface area contributed by atoms with Crippen LogP contribution < -0.4 is 0 Å². The second-order valence-electron chi connectivity index (χ2n) is 4.32. The van der Waals surface area contributed by atoms with Gasteiger partial charge in [-0.2, -0.15) is 0 Å². The van der Waals surface area contributed by atoms with Gasteiger partial charge in [-0.1, -0.05) is 6.07 Å². The molecule has 0 fully saturated rings. The lowest BCUT2D eigenvalue weighted by atomic mass is 10.2. The van der Waals surface area contributed by atoms with Gasteiger partial charge >= 0.3 is 5.97 Å². The number of carbonyl (C=O) groups is 1. The molecule has 0 amide bonds. The molecule has 20 heavy (non-hydrogen) atoms. The summed E-state index contributed by atoms with van der Waals surface area (Å²) in [5, 5.41) is 8.46. The van der Waals surface area contributed by atoms with E-state index >= 15 is 0 Å². The molecule has 0 aliphatic carbocycles. The number of halogens is 2. The van der Waals surface area contributed by atoms with Crippen molar-refractivity contribution in [2.75, 3.05) is 12.8 Å². The summed E-state index contributed by atoms with van der Waals surface area (Å²) < 4.78 is 50.4. The SMILES string of the molecule is CN(Cc1ccc(F)c(F)c1)S(=O)(=O)CCCC(=O)O. The molecule has 1 aromatic carbocycles. The summed E-state index contributed by atoms with van der Waals surface area (Å²) in [6, 6.07) is 3.15. The van der Waals surface area contributed by atoms with Gasteiger partial charge in [-0.05, 0) is 24.1 Å². The van der Waals surface area contributed by atoms with Crippen molar-refractivity contribution in [1.82, 2.24) is 4.31 Å². The highest BCUT2D eigenvalue weighted by Crippen LogP contribution is 2.13. The van der Waals surface area contributed by atoms with Crippen LogP contribution in [0.4, 0.5) is 8.78 Å². The second-order valence-corrected chi connectivity index (χ2v) is 6.51. The molecule has 0 saturated carbocycles. The number of benzene rings is 1. The van der Waals surface area contributed by atoms with Crippen LogP contribution in [0.25, 0.3) is 0 Å². The lowest BCUT2D eigenvalue weighted by molar-refractivity contribution is -0.137. The maximum absolute atomic E-state index is 13.0. The standard InChI is InChI=1S/C12H15F2NO4S/c1-15(20(18,19)6-2-3-12(16)17)8-9-4-5-10(13)11(14)7-9/h4-5,7H,2-3,6,8H2,1H3,(H,16,17). The third kappa shape index (κ3) is 4.86. The highest BCUT2D eigenvalue weighted by Gasteiger charge is 2.18. The van der Waals surface area contributed by atoms with E-state index in [-0.39, 0.29) is 25.1 Å². The summed E-state index contributed by atoms with van der Waals surface area (Å²) in [5.41, 5.74) is 0.313. The third-order valence-electron chi connectivity index (χ3n) is 2.66.